The van der Waals surface area contributed by atoms with Crippen LogP contribution in [0.5, 0.6) is 0 Å². The summed E-state index contributed by atoms with van der Waals surface area (Å²) in [4.78, 5) is 3.61. The Morgan fingerprint density at radius 2 is 2.00 bits per heavy atom. The average molecular weight is 131 g/mol. The van der Waals surface area contributed by atoms with Crippen molar-refractivity contribution in [2.75, 3.05) is 0 Å². The second-order valence-corrected chi connectivity index (χ2v) is 0.712. The smallest absolute Gasteiger partial charge is 0.115 e. The first-order valence-corrected chi connectivity index (χ1v) is 1.37. The summed E-state index contributed by atoms with van der Waals surface area (Å²) in [6.07, 6.45) is 4.78. The van der Waals surface area contributed by atoms with Gasteiger partial charge in [-0.15, -0.1) is 0 Å². The van der Waals surface area contributed by atoms with Crippen molar-refractivity contribution in [3.63, 3.8) is 0 Å². The van der Waals surface area contributed by atoms with Gasteiger partial charge < -0.3 is 0 Å². The molecule has 1 heterocycles. The molecule has 1 rings (SSSR count). The molecule has 0 aromatic carbocycles. The van der Waals surface area contributed by atoms with Gasteiger partial charge in [-0.05, 0) is 0 Å². The Bertz CT molecular complexity index is 66.9. The molecule has 0 fully saturated rings. The van der Waals surface area contributed by atoms with Crippen LogP contribution in [-0.4, -0.2) is 6.34 Å². The van der Waals surface area contributed by atoms with E-state index in [1.54, 1.807) is 12.4 Å². The van der Waals surface area contributed by atoms with E-state index >= 15 is 0 Å². The first-order valence-electron chi connectivity index (χ1n) is 1.37. The van der Waals surface area contributed by atoms with Gasteiger partial charge in [0.15, 0.2) is 0 Å². The van der Waals surface area contributed by atoms with Gasteiger partial charge in [0.1, 0.15) is 6.34 Å². The molecule has 0 aromatic heterocycles. The molecule has 2 radical (unpaired) electrons. The van der Waals surface area contributed by atoms with Crippen LogP contribution in [0.1, 0.15) is 0 Å². The fourth-order valence-corrected chi connectivity index (χ4v) is 0.192. The third-order valence-corrected chi connectivity index (χ3v) is 0.372. The normalized spacial score (nSPS) is 13.3. The van der Waals surface area contributed by atoms with Crippen LogP contribution >= 0.6 is 0 Å². The van der Waals surface area contributed by atoms with Gasteiger partial charge in [-0.3, -0.25) is 0 Å². The monoisotopic (exact) mass is 130 g/mol. The van der Waals surface area contributed by atoms with Crippen LogP contribution < -0.4 is 5.32 Å². The Morgan fingerprint density at radius 3 is 2.17 bits per heavy atom. The van der Waals surface area contributed by atoms with Crippen molar-refractivity contribution in [1.29, 1.82) is 0 Å². The molecule has 1 aliphatic rings. The molecular formula is C3H3CuN2. The fourth-order valence-electron chi connectivity index (χ4n) is 0.192. The van der Waals surface area contributed by atoms with Gasteiger partial charge in [-0.2, -0.15) is 0 Å². The molecule has 0 atom stereocenters. The van der Waals surface area contributed by atoms with E-state index in [0.29, 0.717) is 0 Å². The largest absolute Gasteiger partial charge is 0.243 e. The first-order chi connectivity index (χ1) is 2.50. The summed E-state index contributed by atoms with van der Waals surface area (Å²) < 4.78 is 0. The zero-order valence-electron chi connectivity index (χ0n) is 2.93. The maximum atomic E-state index is 3.61. The summed E-state index contributed by atoms with van der Waals surface area (Å²) in [6.45, 7) is 0. The topological polar surface area (TPSA) is 26.5 Å². The number of hydrogen-bond acceptors (Lipinski definition) is 1. The molecule has 0 unspecified atom stereocenters. The van der Waals surface area contributed by atoms with E-state index in [1.807, 2.05) is 0 Å². The summed E-state index contributed by atoms with van der Waals surface area (Å²) in [5, 5.41) is 3.61. The molecule has 0 bridgehead atoms. The minimum atomic E-state index is 0. The van der Waals surface area contributed by atoms with E-state index < -0.39 is 0 Å². The third-order valence-electron chi connectivity index (χ3n) is 0.372. The molecule has 0 aliphatic carbocycles. The molecule has 0 saturated carbocycles. The van der Waals surface area contributed by atoms with Crippen LogP contribution in [0.25, 0.3) is 0 Å². The fraction of sp³-hybridized carbons (Fsp3) is 0. The molecule has 0 spiro atoms. The summed E-state index contributed by atoms with van der Waals surface area (Å²) in [7, 11) is 0. The van der Waals surface area contributed by atoms with E-state index in [9.17, 15) is 0 Å². The van der Waals surface area contributed by atoms with Crippen molar-refractivity contribution in [1.82, 2.24) is 5.32 Å². The average Bonchev–Trinajstić information content (AvgIpc) is 1.76. The molecule has 0 saturated heterocycles. The Hall–Kier alpha value is -0.271. The van der Waals surface area contributed by atoms with Crippen LogP contribution in [0.4, 0.5) is 0 Å². The van der Waals surface area contributed by atoms with Crippen molar-refractivity contribution in [3.05, 3.63) is 12.4 Å². The zero-order chi connectivity index (χ0) is 3.54. The number of nitrogens with zero attached hydrogens (tertiary/aromatic N) is 2. The predicted octanol–water partition coefficient (Wildman–Crippen LogP) is 0.101. The first kappa shape index (κ1) is 5.73. The van der Waals surface area contributed by atoms with Crippen molar-refractivity contribution < 1.29 is 17.1 Å². The molecule has 36 valence electrons. The van der Waals surface area contributed by atoms with E-state index in [4.69, 9.17) is 0 Å². The Balaban J connectivity index is 0.000000250. The summed E-state index contributed by atoms with van der Waals surface area (Å²) >= 11 is 0. The summed E-state index contributed by atoms with van der Waals surface area (Å²) in [6, 6.07) is 0. The minimum absolute atomic E-state index is 0. The molecule has 0 aromatic rings. The second kappa shape index (κ2) is 2.94. The van der Waals surface area contributed by atoms with Crippen molar-refractivity contribution in [3.8, 4) is 0 Å². The van der Waals surface area contributed by atoms with Crippen LogP contribution in [0.15, 0.2) is 17.4 Å². The van der Waals surface area contributed by atoms with Gasteiger partial charge in [0.05, 0.1) is 0 Å². The Labute approximate surface area is 46.8 Å². The van der Waals surface area contributed by atoms with Crippen LogP contribution in [0, 0.1) is 0 Å². The van der Waals surface area contributed by atoms with Gasteiger partial charge in [-0.25, -0.2) is 10.3 Å². The molecule has 0 amide bonds. The van der Waals surface area contributed by atoms with Crippen molar-refractivity contribution in [2.45, 2.75) is 0 Å². The number of hydrogen-bond donors (Lipinski definition) is 0. The second-order valence-electron chi connectivity index (χ2n) is 0.712. The maximum Gasteiger partial charge on any atom is 0.115 e. The summed E-state index contributed by atoms with van der Waals surface area (Å²) in [5.41, 5.74) is 0. The Kier molecular flexibility index (Phi) is 2.81. The molecule has 0 N–H and O–H groups in total. The molecule has 3 heteroatoms. The van der Waals surface area contributed by atoms with Gasteiger partial charge >= 0.3 is 0 Å². The van der Waals surface area contributed by atoms with Crippen molar-refractivity contribution >= 4 is 6.34 Å². The van der Waals surface area contributed by atoms with E-state index in [-0.39, 0.29) is 17.1 Å². The zero-order valence-corrected chi connectivity index (χ0v) is 3.87. The van der Waals surface area contributed by atoms with Crippen LogP contribution in [-0.2, 0) is 17.1 Å². The Morgan fingerprint density at radius 1 is 1.17 bits per heavy atom. The van der Waals surface area contributed by atoms with Gasteiger partial charge in [-0.1, -0.05) is 0 Å². The van der Waals surface area contributed by atoms with Crippen LogP contribution in [0.3, 0.4) is 0 Å². The molecule has 2 nitrogen and oxygen atoms in total. The van der Waals surface area contributed by atoms with E-state index in [1.165, 1.54) is 6.34 Å². The van der Waals surface area contributed by atoms with Gasteiger partial charge in [0.2, 0.25) is 0 Å². The number of aliphatic imine (C=N–C) groups is 1. The van der Waals surface area contributed by atoms with E-state index in [0.717, 1.165) is 0 Å². The van der Waals surface area contributed by atoms with Crippen molar-refractivity contribution in [2.24, 2.45) is 4.99 Å². The minimum Gasteiger partial charge on any atom is -0.243 e. The quantitative estimate of drug-likeness (QED) is 0.416. The molecule has 1 aliphatic heterocycles. The molecular weight excluding hydrogens is 128 g/mol. The van der Waals surface area contributed by atoms with Crippen LogP contribution in [0.2, 0.25) is 0 Å². The predicted molar refractivity (Wildman–Crippen MR) is 19.8 cm³/mol. The standard InChI is InChI=1S/C3H3N2.Cu/c1-2-5-3-4-1;/h1-3H;. The van der Waals surface area contributed by atoms with E-state index in [2.05, 4.69) is 10.3 Å². The molecule has 6 heavy (non-hydrogen) atoms. The third kappa shape index (κ3) is 1.24. The van der Waals surface area contributed by atoms with Gasteiger partial charge in [0, 0.05) is 29.5 Å². The SMILES string of the molecule is C1=CN=C[N]1.[Cu]. The maximum absolute atomic E-state index is 3.61. The summed E-state index contributed by atoms with van der Waals surface area (Å²) in [5.74, 6) is 0. The van der Waals surface area contributed by atoms with Gasteiger partial charge in [0.25, 0.3) is 0 Å². The number of rotatable bonds is 0.